The Kier molecular flexibility index (Phi) is 4.02. The lowest BCUT2D eigenvalue weighted by molar-refractivity contribution is -0.132. The van der Waals surface area contributed by atoms with Crippen molar-refractivity contribution in [1.82, 2.24) is 9.80 Å². The van der Waals surface area contributed by atoms with Gasteiger partial charge in [-0.1, -0.05) is 23.8 Å². The van der Waals surface area contributed by atoms with Gasteiger partial charge in [0.2, 0.25) is 5.91 Å². The molecule has 1 fully saturated rings. The van der Waals surface area contributed by atoms with Gasteiger partial charge < -0.3 is 9.80 Å². The monoisotopic (exact) mass is 246 g/mol. The van der Waals surface area contributed by atoms with E-state index in [9.17, 15) is 4.79 Å². The SMILES string of the molecule is Cc1ccc(CC(=O)N2CCN(C)CC2)c(C)c1. The van der Waals surface area contributed by atoms with Crippen LogP contribution in [0.25, 0.3) is 0 Å². The van der Waals surface area contributed by atoms with Crippen molar-refractivity contribution in [1.29, 1.82) is 0 Å². The van der Waals surface area contributed by atoms with Crippen LogP contribution in [0.1, 0.15) is 16.7 Å². The van der Waals surface area contributed by atoms with Crippen molar-refractivity contribution in [3.8, 4) is 0 Å². The number of benzene rings is 1. The molecular weight excluding hydrogens is 224 g/mol. The van der Waals surface area contributed by atoms with E-state index < -0.39 is 0 Å². The van der Waals surface area contributed by atoms with Crippen LogP contribution in [-0.4, -0.2) is 48.9 Å². The molecule has 0 unspecified atom stereocenters. The number of aryl methyl sites for hydroxylation is 2. The number of hydrogen-bond acceptors (Lipinski definition) is 2. The fourth-order valence-corrected chi connectivity index (χ4v) is 2.37. The topological polar surface area (TPSA) is 23.6 Å². The van der Waals surface area contributed by atoms with E-state index in [2.05, 4.69) is 44.0 Å². The zero-order valence-corrected chi connectivity index (χ0v) is 11.6. The average Bonchev–Trinajstić information content (AvgIpc) is 2.33. The Labute approximate surface area is 109 Å². The molecule has 1 saturated heterocycles. The van der Waals surface area contributed by atoms with Gasteiger partial charge in [0.1, 0.15) is 0 Å². The summed E-state index contributed by atoms with van der Waals surface area (Å²) in [6.45, 7) is 7.86. The summed E-state index contributed by atoms with van der Waals surface area (Å²) in [6, 6.07) is 6.31. The van der Waals surface area contributed by atoms with Crippen LogP contribution < -0.4 is 0 Å². The van der Waals surface area contributed by atoms with Crippen molar-refractivity contribution in [2.45, 2.75) is 20.3 Å². The number of piperazine rings is 1. The number of amides is 1. The Morgan fingerprint density at radius 2 is 1.83 bits per heavy atom. The molecule has 0 aliphatic carbocycles. The van der Waals surface area contributed by atoms with E-state index in [1.54, 1.807) is 0 Å². The van der Waals surface area contributed by atoms with Gasteiger partial charge >= 0.3 is 0 Å². The molecule has 0 aromatic heterocycles. The van der Waals surface area contributed by atoms with Gasteiger partial charge in [-0.2, -0.15) is 0 Å². The zero-order chi connectivity index (χ0) is 13.1. The van der Waals surface area contributed by atoms with Crippen molar-refractivity contribution in [2.75, 3.05) is 33.2 Å². The maximum absolute atomic E-state index is 12.2. The summed E-state index contributed by atoms with van der Waals surface area (Å²) in [5.74, 6) is 0.259. The van der Waals surface area contributed by atoms with E-state index in [1.807, 2.05) is 4.90 Å². The lowest BCUT2D eigenvalue weighted by Crippen LogP contribution is -2.47. The summed E-state index contributed by atoms with van der Waals surface area (Å²) in [5.41, 5.74) is 3.63. The quantitative estimate of drug-likeness (QED) is 0.791. The number of carbonyl (C=O) groups is 1. The molecular formula is C15H22N2O. The Morgan fingerprint density at radius 3 is 2.44 bits per heavy atom. The second kappa shape index (κ2) is 5.53. The summed E-state index contributed by atoms with van der Waals surface area (Å²) in [5, 5.41) is 0. The van der Waals surface area contributed by atoms with Gasteiger partial charge in [0, 0.05) is 26.2 Å². The van der Waals surface area contributed by atoms with Crippen LogP contribution in [0.4, 0.5) is 0 Å². The first-order valence-corrected chi connectivity index (χ1v) is 6.58. The molecule has 1 aromatic rings. The van der Waals surface area contributed by atoms with E-state index in [1.165, 1.54) is 11.1 Å². The number of likely N-dealkylation sites (N-methyl/N-ethyl adjacent to an activating group) is 1. The molecule has 1 aromatic carbocycles. The first kappa shape index (κ1) is 13.1. The molecule has 98 valence electrons. The lowest BCUT2D eigenvalue weighted by atomic mass is 10.0. The van der Waals surface area contributed by atoms with Crippen LogP contribution in [-0.2, 0) is 11.2 Å². The first-order chi connectivity index (χ1) is 8.56. The minimum absolute atomic E-state index is 0.259. The van der Waals surface area contributed by atoms with Gasteiger partial charge in [0.05, 0.1) is 6.42 Å². The molecule has 3 nitrogen and oxygen atoms in total. The van der Waals surface area contributed by atoms with E-state index in [-0.39, 0.29) is 5.91 Å². The van der Waals surface area contributed by atoms with Crippen molar-refractivity contribution < 1.29 is 4.79 Å². The van der Waals surface area contributed by atoms with Gasteiger partial charge in [-0.3, -0.25) is 4.79 Å². The molecule has 0 N–H and O–H groups in total. The van der Waals surface area contributed by atoms with Crippen LogP contribution >= 0.6 is 0 Å². The second-order valence-electron chi connectivity index (χ2n) is 5.29. The minimum Gasteiger partial charge on any atom is -0.340 e. The van der Waals surface area contributed by atoms with Gasteiger partial charge in [-0.25, -0.2) is 0 Å². The average molecular weight is 246 g/mol. The number of carbonyl (C=O) groups excluding carboxylic acids is 1. The molecule has 1 aliphatic heterocycles. The predicted octanol–water partition coefficient (Wildman–Crippen LogP) is 1.62. The molecule has 0 spiro atoms. The Balaban J connectivity index is 1.98. The molecule has 2 rings (SSSR count). The van der Waals surface area contributed by atoms with Crippen LogP contribution in [0, 0.1) is 13.8 Å². The highest BCUT2D eigenvalue weighted by Gasteiger charge is 2.19. The fourth-order valence-electron chi connectivity index (χ4n) is 2.37. The summed E-state index contributed by atoms with van der Waals surface area (Å²) < 4.78 is 0. The predicted molar refractivity (Wildman–Crippen MR) is 73.7 cm³/mol. The summed E-state index contributed by atoms with van der Waals surface area (Å²) in [6.07, 6.45) is 0.538. The van der Waals surface area contributed by atoms with E-state index in [0.717, 1.165) is 31.7 Å². The highest BCUT2D eigenvalue weighted by atomic mass is 16.2. The van der Waals surface area contributed by atoms with E-state index in [0.29, 0.717) is 6.42 Å². The van der Waals surface area contributed by atoms with Crippen LogP contribution in [0.3, 0.4) is 0 Å². The minimum atomic E-state index is 0.259. The van der Waals surface area contributed by atoms with Crippen molar-refractivity contribution in [3.05, 3.63) is 34.9 Å². The molecule has 1 aliphatic rings. The fraction of sp³-hybridized carbons (Fsp3) is 0.533. The van der Waals surface area contributed by atoms with Crippen molar-refractivity contribution in [2.24, 2.45) is 0 Å². The highest BCUT2D eigenvalue weighted by molar-refractivity contribution is 5.79. The lowest BCUT2D eigenvalue weighted by Gasteiger charge is -2.32. The summed E-state index contributed by atoms with van der Waals surface area (Å²) >= 11 is 0. The summed E-state index contributed by atoms with van der Waals surface area (Å²) in [4.78, 5) is 16.5. The molecule has 1 heterocycles. The van der Waals surface area contributed by atoms with Crippen molar-refractivity contribution >= 4 is 5.91 Å². The molecule has 18 heavy (non-hydrogen) atoms. The number of hydrogen-bond donors (Lipinski definition) is 0. The number of nitrogens with zero attached hydrogens (tertiary/aromatic N) is 2. The van der Waals surface area contributed by atoms with Crippen molar-refractivity contribution in [3.63, 3.8) is 0 Å². The zero-order valence-electron chi connectivity index (χ0n) is 11.6. The van der Waals surface area contributed by atoms with E-state index in [4.69, 9.17) is 0 Å². The Morgan fingerprint density at radius 1 is 1.17 bits per heavy atom. The molecule has 1 amide bonds. The van der Waals surface area contributed by atoms with Crippen LogP contribution in [0.15, 0.2) is 18.2 Å². The van der Waals surface area contributed by atoms with Gasteiger partial charge in [-0.05, 0) is 32.0 Å². The maximum atomic E-state index is 12.2. The maximum Gasteiger partial charge on any atom is 0.227 e. The molecule has 0 radical (unpaired) electrons. The Bertz CT molecular complexity index is 434. The third-order valence-corrected chi connectivity index (χ3v) is 3.70. The first-order valence-electron chi connectivity index (χ1n) is 6.58. The second-order valence-corrected chi connectivity index (χ2v) is 5.29. The third kappa shape index (κ3) is 3.10. The van der Waals surface area contributed by atoms with Crippen LogP contribution in [0.5, 0.6) is 0 Å². The normalized spacial score (nSPS) is 16.9. The summed E-state index contributed by atoms with van der Waals surface area (Å²) in [7, 11) is 2.10. The van der Waals surface area contributed by atoms with Gasteiger partial charge in [0.15, 0.2) is 0 Å². The van der Waals surface area contributed by atoms with Crippen LogP contribution in [0.2, 0.25) is 0 Å². The Hall–Kier alpha value is -1.35. The van der Waals surface area contributed by atoms with E-state index >= 15 is 0 Å². The third-order valence-electron chi connectivity index (χ3n) is 3.70. The largest absolute Gasteiger partial charge is 0.340 e. The molecule has 3 heteroatoms. The van der Waals surface area contributed by atoms with Gasteiger partial charge in [0.25, 0.3) is 0 Å². The van der Waals surface area contributed by atoms with Gasteiger partial charge in [-0.15, -0.1) is 0 Å². The smallest absolute Gasteiger partial charge is 0.227 e. The molecule has 0 saturated carbocycles. The highest BCUT2D eigenvalue weighted by Crippen LogP contribution is 2.13. The molecule has 0 atom stereocenters. The number of rotatable bonds is 2. The standard InChI is InChI=1S/C15H22N2O/c1-12-4-5-14(13(2)10-12)11-15(18)17-8-6-16(3)7-9-17/h4-5,10H,6-9,11H2,1-3H3. The molecule has 0 bridgehead atoms.